The predicted octanol–water partition coefficient (Wildman–Crippen LogP) is 1.19. The lowest BCUT2D eigenvalue weighted by atomic mass is 9.99. The molecule has 0 saturated carbocycles. The van der Waals surface area contributed by atoms with Crippen LogP contribution in [0.3, 0.4) is 0 Å². The van der Waals surface area contributed by atoms with E-state index in [4.69, 9.17) is 4.74 Å². The standard InChI is InChI=1S/C10H14O3/c1-3-5-10(12)6-4-9(7-10)13-8(2)11/h3-4,6,9,12H,1,5,7H2,2H3/t9-,10+/m0/s1. The van der Waals surface area contributed by atoms with Crippen molar-refractivity contribution in [3.63, 3.8) is 0 Å². The largest absolute Gasteiger partial charge is 0.458 e. The van der Waals surface area contributed by atoms with Gasteiger partial charge >= 0.3 is 5.97 Å². The summed E-state index contributed by atoms with van der Waals surface area (Å²) in [6.07, 6.45) is 5.66. The lowest BCUT2D eigenvalue weighted by Crippen LogP contribution is -2.26. The number of aliphatic hydroxyl groups is 1. The molecule has 1 aliphatic rings. The lowest BCUT2D eigenvalue weighted by Gasteiger charge is -2.19. The molecule has 72 valence electrons. The fourth-order valence-corrected chi connectivity index (χ4v) is 1.47. The third-order valence-corrected chi connectivity index (χ3v) is 1.99. The first-order chi connectivity index (χ1) is 6.06. The maximum atomic E-state index is 10.6. The summed E-state index contributed by atoms with van der Waals surface area (Å²) in [5.41, 5.74) is -0.873. The third kappa shape index (κ3) is 2.70. The Balaban J connectivity index is 2.49. The van der Waals surface area contributed by atoms with Gasteiger partial charge < -0.3 is 9.84 Å². The van der Waals surface area contributed by atoms with E-state index in [0.717, 1.165) is 0 Å². The van der Waals surface area contributed by atoms with Gasteiger partial charge in [-0.2, -0.15) is 0 Å². The number of esters is 1. The maximum absolute atomic E-state index is 10.6. The van der Waals surface area contributed by atoms with Gasteiger partial charge in [0, 0.05) is 13.3 Å². The van der Waals surface area contributed by atoms with E-state index >= 15 is 0 Å². The Labute approximate surface area is 77.7 Å². The van der Waals surface area contributed by atoms with Gasteiger partial charge in [0.05, 0.1) is 5.60 Å². The number of rotatable bonds is 3. The number of carbonyl (C=O) groups is 1. The van der Waals surface area contributed by atoms with Crippen LogP contribution in [0.2, 0.25) is 0 Å². The van der Waals surface area contributed by atoms with E-state index in [1.807, 2.05) is 0 Å². The molecule has 0 saturated heterocycles. The minimum Gasteiger partial charge on any atom is -0.458 e. The van der Waals surface area contributed by atoms with Crippen LogP contribution >= 0.6 is 0 Å². The molecular weight excluding hydrogens is 168 g/mol. The van der Waals surface area contributed by atoms with Gasteiger partial charge in [-0.15, -0.1) is 6.58 Å². The topological polar surface area (TPSA) is 46.5 Å². The molecule has 0 amide bonds. The average Bonchev–Trinajstić information content (AvgIpc) is 2.31. The Bertz CT molecular complexity index is 245. The zero-order chi connectivity index (χ0) is 9.90. The lowest BCUT2D eigenvalue weighted by molar-refractivity contribution is -0.145. The van der Waals surface area contributed by atoms with Crippen LogP contribution in [-0.2, 0) is 9.53 Å². The Morgan fingerprint density at radius 1 is 1.92 bits per heavy atom. The molecule has 3 heteroatoms. The van der Waals surface area contributed by atoms with Crippen molar-refractivity contribution >= 4 is 5.97 Å². The summed E-state index contributed by atoms with van der Waals surface area (Å²) < 4.78 is 4.93. The van der Waals surface area contributed by atoms with Crippen molar-refractivity contribution in [1.29, 1.82) is 0 Å². The Morgan fingerprint density at radius 3 is 3.15 bits per heavy atom. The fourth-order valence-electron chi connectivity index (χ4n) is 1.47. The summed E-state index contributed by atoms with van der Waals surface area (Å²) >= 11 is 0. The summed E-state index contributed by atoms with van der Waals surface area (Å²) in [6, 6.07) is 0. The molecule has 1 aliphatic carbocycles. The van der Waals surface area contributed by atoms with Crippen LogP contribution < -0.4 is 0 Å². The summed E-state index contributed by atoms with van der Waals surface area (Å²) in [6.45, 7) is 4.91. The zero-order valence-electron chi connectivity index (χ0n) is 7.69. The number of ether oxygens (including phenoxy) is 1. The van der Waals surface area contributed by atoms with Crippen molar-refractivity contribution in [3.8, 4) is 0 Å². The van der Waals surface area contributed by atoms with E-state index < -0.39 is 5.60 Å². The summed E-state index contributed by atoms with van der Waals surface area (Å²) in [5, 5.41) is 9.83. The molecule has 0 spiro atoms. The van der Waals surface area contributed by atoms with Crippen LogP contribution in [0.4, 0.5) is 0 Å². The number of carbonyl (C=O) groups excluding carboxylic acids is 1. The van der Waals surface area contributed by atoms with Gasteiger partial charge in [-0.3, -0.25) is 4.79 Å². The molecule has 0 radical (unpaired) electrons. The summed E-state index contributed by atoms with van der Waals surface area (Å²) in [4.78, 5) is 10.6. The molecule has 3 nitrogen and oxygen atoms in total. The van der Waals surface area contributed by atoms with Gasteiger partial charge in [0.1, 0.15) is 6.10 Å². The fraction of sp³-hybridized carbons (Fsp3) is 0.500. The quantitative estimate of drug-likeness (QED) is 0.526. The second kappa shape index (κ2) is 3.75. The Kier molecular flexibility index (Phi) is 2.88. The van der Waals surface area contributed by atoms with Crippen LogP contribution in [0.5, 0.6) is 0 Å². The van der Waals surface area contributed by atoms with E-state index in [-0.39, 0.29) is 12.1 Å². The average molecular weight is 182 g/mol. The molecule has 1 rings (SSSR count). The second-order valence-corrected chi connectivity index (χ2v) is 3.31. The molecule has 0 fully saturated rings. The van der Waals surface area contributed by atoms with Gasteiger partial charge in [0.25, 0.3) is 0 Å². The molecule has 0 bridgehead atoms. The summed E-state index contributed by atoms with van der Waals surface area (Å²) in [5.74, 6) is -0.322. The molecule has 1 N–H and O–H groups in total. The first-order valence-electron chi connectivity index (χ1n) is 4.25. The van der Waals surface area contributed by atoms with Crippen molar-refractivity contribution in [1.82, 2.24) is 0 Å². The predicted molar refractivity (Wildman–Crippen MR) is 49.1 cm³/mol. The molecular formula is C10H14O3. The Morgan fingerprint density at radius 2 is 2.62 bits per heavy atom. The van der Waals surface area contributed by atoms with Crippen LogP contribution in [0, 0.1) is 0 Å². The Hall–Kier alpha value is -1.09. The summed E-state index contributed by atoms with van der Waals surface area (Å²) in [7, 11) is 0. The van der Waals surface area contributed by atoms with E-state index in [1.165, 1.54) is 6.92 Å². The van der Waals surface area contributed by atoms with Crippen LogP contribution in [0.1, 0.15) is 19.8 Å². The zero-order valence-corrected chi connectivity index (χ0v) is 7.69. The van der Waals surface area contributed by atoms with Gasteiger partial charge in [-0.1, -0.05) is 12.2 Å². The second-order valence-electron chi connectivity index (χ2n) is 3.31. The molecule has 13 heavy (non-hydrogen) atoms. The highest BCUT2D eigenvalue weighted by Crippen LogP contribution is 2.28. The van der Waals surface area contributed by atoms with Gasteiger partial charge in [-0.05, 0) is 12.5 Å². The highest BCUT2D eigenvalue weighted by atomic mass is 16.5. The van der Waals surface area contributed by atoms with Gasteiger partial charge in [-0.25, -0.2) is 0 Å². The molecule has 2 atom stereocenters. The first-order valence-corrected chi connectivity index (χ1v) is 4.25. The molecule has 0 aromatic rings. The van der Waals surface area contributed by atoms with Crippen molar-refractivity contribution in [2.24, 2.45) is 0 Å². The van der Waals surface area contributed by atoms with E-state index in [2.05, 4.69) is 6.58 Å². The highest BCUT2D eigenvalue weighted by Gasteiger charge is 2.32. The molecule has 0 unspecified atom stereocenters. The number of hydrogen-bond donors (Lipinski definition) is 1. The smallest absolute Gasteiger partial charge is 0.303 e. The minimum atomic E-state index is -0.873. The van der Waals surface area contributed by atoms with Crippen molar-refractivity contribution in [3.05, 3.63) is 24.8 Å². The molecule has 0 aromatic carbocycles. The van der Waals surface area contributed by atoms with Crippen LogP contribution in [0.25, 0.3) is 0 Å². The molecule has 0 heterocycles. The maximum Gasteiger partial charge on any atom is 0.303 e. The highest BCUT2D eigenvalue weighted by molar-refractivity contribution is 5.66. The molecule has 0 aromatic heterocycles. The third-order valence-electron chi connectivity index (χ3n) is 1.99. The van der Waals surface area contributed by atoms with Crippen molar-refractivity contribution < 1.29 is 14.6 Å². The number of hydrogen-bond acceptors (Lipinski definition) is 3. The molecule has 0 aliphatic heterocycles. The van der Waals surface area contributed by atoms with Crippen molar-refractivity contribution in [2.45, 2.75) is 31.5 Å². The minimum absolute atomic E-state index is 0.289. The van der Waals surface area contributed by atoms with E-state index in [9.17, 15) is 9.90 Å². The normalized spacial score (nSPS) is 31.7. The van der Waals surface area contributed by atoms with E-state index in [1.54, 1.807) is 18.2 Å². The SMILES string of the molecule is C=CC[C@@]1(O)C=C[C@H](OC(C)=O)C1. The van der Waals surface area contributed by atoms with Crippen LogP contribution in [0.15, 0.2) is 24.8 Å². The van der Waals surface area contributed by atoms with Gasteiger partial charge in [0.2, 0.25) is 0 Å². The van der Waals surface area contributed by atoms with E-state index in [0.29, 0.717) is 12.8 Å². The first kappa shape index (κ1) is 9.99. The monoisotopic (exact) mass is 182 g/mol. The van der Waals surface area contributed by atoms with Crippen molar-refractivity contribution in [2.75, 3.05) is 0 Å². The van der Waals surface area contributed by atoms with Gasteiger partial charge in [0.15, 0.2) is 0 Å². The van der Waals surface area contributed by atoms with Crippen LogP contribution in [-0.4, -0.2) is 22.8 Å².